The summed E-state index contributed by atoms with van der Waals surface area (Å²) >= 11 is 0. The lowest BCUT2D eigenvalue weighted by Crippen LogP contribution is -2.26. The molecular formula is C18H22N2O. The molecule has 3 saturated carbocycles. The van der Waals surface area contributed by atoms with Crippen LogP contribution in [0.1, 0.15) is 37.8 Å². The van der Waals surface area contributed by atoms with Gasteiger partial charge in [-0.3, -0.25) is 0 Å². The summed E-state index contributed by atoms with van der Waals surface area (Å²) in [7, 11) is 0. The predicted octanol–water partition coefficient (Wildman–Crippen LogP) is 3.28. The van der Waals surface area contributed by atoms with Crippen molar-refractivity contribution in [2.75, 3.05) is 6.61 Å². The van der Waals surface area contributed by atoms with Crippen LogP contribution in [0.5, 0.6) is 5.75 Å². The van der Waals surface area contributed by atoms with Gasteiger partial charge in [-0.05, 0) is 67.6 Å². The van der Waals surface area contributed by atoms with Crippen molar-refractivity contribution in [3.63, 3.8) is 0 Å². The van der Waals surface area contributed by atoms with E-state index in [1.165, 1.54) is 24.8 Å². The molecule has 4 rings (SSSR count). The first-order chi connectivity index (χ1) is 10.3. The van der Waals surface area contributed by atoms with Crippen LogP contribution in [0.2, 0.25) is 0 Å². The number of fused-ring (bicyclic) bond motifs is 5. The molecule has 3 nitrogen and oxygen atoms in total. The second kappa shape index (κ2) is 5.03. The average Bonchev–Trinajstić information content (AvgIpc) is 2.90. The van der Waals surface area contributed by atoms with Crippen molar-refractivity contribution in [3.8, 4) is 11.8 Å². The molecule has 2 bridgehead atoms. The molecule has 0 radical (unpaired) electrons. The minimum absolute atomic E-state index is 0.112. The Morgan fingerprint density at radius 3 is 2.52 bits per heavy atom. The lowest BCUT2D eigenvalue weighted by molar-refractivity contribution is 0.367. The van der Waals surface area contributed by atoms with E-state index >= 15 is 0 Å². The molecule has 110 valence electrons. The molecule has 0 heterocycles. The smallest absolute Gasteiger partial charge is 0.174 e. The lowest BCUT2D eigenvalue weighted by atomic mass is 10.0. The maximum atomic E-state index is 8.52. The average molecular weight is 282 g/mol. The highest BCUT2D eigenvalue weighted by Crippen LogP contribution is 2.65. The molecule has 1 N–H and O–H groups in total. The van der Waals surface area contributed by atoms with Gasteiger partial charge < -0.3 is 10.1 Å². The monoisotopic (exact) mass is 282 g/mol. The van der Waals surface area contributed by atoms with E-state index in [1.807, 2.05) is 18.2 Å². The van der Waals surface area contributed by atoms with Gasteiger partial charge in [-0.1, -0.05) is 12.1 Å². The van der Waals surface area contributed by atoms with E-state index in [0.29, 0.717) is 6.04 Å². The summed E-state index contributed by atoms with van der Waals surface area (Å²) in [5.41, 5.74) is 1.30. The molecule has 3 heteroatoms. The fourth-order valence-corrected chi connectivity index (χ4v) is 4.90. The van der Waals surface area contributed by atoms with Crippen LogP contribution in [0.25, 0.3) is 0 Å². The van der Waals surface area contributed by atoms with Crippen molar-refractivity contribution in [3.05, 3.63) is 29.8 Å². The van der Waals surface area contributed by atoms with Gasteiger partial charge in [0.05, 0.1) is 0 Å². The van der Waals surface area contributed by atoms with Crippen molar-refractivity contribution in [2.24, 2.45) is 23.7 Å². The molecule has 0 amide bonds. The highest BCUT2D eigenvalue weighted by atomic mass is 16.5. The zero-order chi connectivity index (χ0) is 14.4. The Kier molecular flexibility index (Phi) is 3.15. The first kappa shape index (κ1) is 13.2. The van der Waals surface area contributed by atoms with Crippen molar-refractivity contribution < 1.29 is 4.74 Å². The molecule has 0 spiro atoms. The van der Waals surface area contributed by atoms with Gasteiger partial charge in [-0.25, -0.2) is 0 Å². The predicted molar refractivity (Wildman–Crippen MR) is 80.7 cm³/mol. The second-order valence-corrected chi connectivity index (χ2v) is 6.92. The normalized spacial score (nSPS) is 36.9. The van der Waals surface area contributed by atoms with Crippen LogP contribution in [0.3, 0.4) is 0 Å². The number of nitrogens with zero attached hydrogens (tertiary/aromatic N) is 1. The van der Waals surface area contributed by atoms with Crippen LogP contribution in [-0.4, -0.2) is 12.6 Å². The molecular weight excluding hydrogens is 260 g/mol. The summed E-state index contributed by atoms with van der Waals surface area (Å²) in [6.07, 6.45) is 4.46. The summed E-state index contributed by atoms with van der Waals surface area (Å²) in [6.45, 7) is 2.36. The maximum absolute atomic E-state index is 8.52. The van der Waals surface area contributed by atoms with E-state index < -0.39 is 0 Å². The Hall–Kier alpha value is -1.53. The van der Waals surface area contributed by atoms with Crippen LogP contribution in [-0.2, 0) is 0 Å². The van der Waals surface area contributed by atoms with Crippen LogP contribution in [0, 0.1) is 35.0 Å². The Bertz CT molecular complexity index is 546. The van der Waals surface area contributed by atoms with Gasteiger partial charge in [0.2, 0.25) is 0 Å². The van der Waals surface area contributed by atoms with E-state index in [-0.39, 0.29) is 6.61 Å². The molecule has 5 unspecified atom stereocenters. The minimum atomic E-state index is 0.112. The van der Waals surface area contributed by atoms with E-state index in [0.717, 1.165) is 35.5 Å². The number of hydrogen-bond donors (Lipinski definition) is 1. The van der Waals surface area contributed by atoms with Crippen LogP contribution in [0.4, 0.5) is 0 Å². The molecule has 5 atom stereocenters. The number of hydrogen-bond acceptors (Lipinski definition) is 3. The van der Waals surface area contributed by atoms with Gasteiger partial charge in [0.1, 0.15) is 11.8 Å². The lowest BCUT2D eigenvalue weighted by Gasteiger charge is -2.17. The Morgan fingerprint density at radius 1 is 1.24 bits per heavy atom. The van der Waals surface area contributed by atoms with Crippen molar-refractivity contribution in [1.29, 1.82) is 5.26 Å². The largest absolute Gasteiger partial charge is 0.479 e. The fourth-order valence-electron chi connectivity index (χ4n) is 4.90. The molecule has 0 aliphatic heterocycles. The molecule has 1 aromatic rings. The number of benzene rings is 1. The van der Waals surface area contributed by atoms with E-state index in [1.54, 1.807) is 0 Å². The number of rotatable bonds is 5. The minimum Gasteiger partial charge on any atom is -0.479 e. The topological polar surface area (TPSA) is 45.0 Å². The standard InChI is InChI=1S/C18H22N2O/c1-11(12-4-6-15(7-5-12)21-9-8-19)20-18-16-13-2-3-14(10-13)17(16)18/h4-7,11,13-14,16-18,20H,2-3,9-10H2,1H3. The summed E-state index contributed by atoms with van der Waals surface area (Å²) in [4.78, 5) is 0. The molecule has 0 aromatic heterocycles. The molecule has 1 aromatic carbocycles. The van der Waals surface area contributed by atoms with E-state index in [2.05, 4.69) is 24.4 Å². The molecule has 3 aliphatic carbocycles. The third-order valence-corrected chi connectivity index (χ3v) is 5.86. The van der Waals surface area contributed by atoms with Gasteiger partial charge in [-0.2, -0.15) is 5.26 Å². The second-order valence-electron chi connectivity index (χ2n) is 6.92. The van der Waals surface area contributed by atoms with E-state index in [4.69, 9.17) is 10.00 Å². The SMILES string of the molecule is CC(NC1C2C3CCC(C3)C12)c1ccc(OCC#N)cc1. The summed E-state index contributed by atoms with van der Waals surface area (Å²) in [5.74, 6) is 4.76. The van der Waals surface area contributed by atoms with Crippen molar-refractivity contribution in [1.82, 2.24) is 5.32 Å². The first-order valence-corrected chi connectivity index (χ1v) is 8.13. The third kappa shape index (κ3) is 2.22. The van der Waals surface area contributed by atoms with Gasteiger partial charge in [0.25, 0.3) is 0 Å². The van der Waals surface area contributed by atoms with Gasteiger partial charge in [0, 0.05) is 12.1 Å². The Morgan fingerprint density at radius 2 is 1.90 bits per heavy atom. The molecule has 21 heavy (non-hydrogen) atoms. The van der Waals surface area contributed by atoms with Crippen molar-refractivity contribution in [2.45, 2.75) is 38.3 Å². The maximum Gasteiger partial charge on any atom is 0.174 e. The summed E-state index contributed by atoms with van der Waals surface area (Å²) < 4.78 is 5.30. The zero-order valence-corrected chi connectivity index (χ0v) is 12.5. The quantitative estimate of drug-likeness (QED) is 0.901. The highest BCUT2D eigenvalue weighted by molar-refractivity contribution is 5.30. The molecule has 3 aliphatic rings. The van der Waals surface area contributed by atoms with Gasteiger partial charge >= 0.3 is 0 Å². The summed E-state index contributed by atoms with van der Waals surface area (Å²) in [5, 5.41) is 12.4. The Balaban J connectivity index is 1.35. The molecule has 3 fully saturated rings. The summed E-state index contributed by atoms with van der Waals surface area (Å²) in [6, 6.07) is 11.3. The van der Waals surface area contributed by atoms with E-state index in [9.17, 15) is 0 Å². The van der Waals surface area contributed by atoms with Crippen LogP contribution < -0.4 is 10.1 Å². The highest BCUT2D eigenvalue weighted by Gasteiger charge is 2.64. The van der Waals surface area contributed by atoms with Gasteiger partial charge in [0.15, 0.2) is 6.61 Å². The third-order valence-electron chi connectivity index (χ3n) is 5.86. The van der Waals surface area contributed by atoms with Crippen LogP contribution in [0.15, 0.2) is 24.3 Å². The number of ether oxygens (including phenoxy) is 1. The zero-order valence-electron chi connectivity index (χ0n) is 12.5. The van der Waals surface area contributed by atoms with Crippen LogP contribution >= 0.6 is 0 Å². The van der Waals surface area contributed by atoms with Gasteiger partial charge in [-0.15, -0.1) is 0 Å². The fraction of sp³-hybridized carbons (Fsp3) is 0.611. The first-order valence-electron chi connectivity index (χ1n) is 8.13. The number of nitrogens with one attached hydrogen (secondary N) is 1. The Labute approximate surface area is 126 Å². The van der Waals surface area contributed by atoms with Crippen molar-refractivity contribution >= 4 is 0 Å². The molecule has 0 saturated heterocycles. The number of nitriles is 1.